The highest BCUT2D eigenvalue weighted by atomic mass is 32.2. The number of sulfonamides is 1. The van der Waals surface area contributed by atoms with Gasteiger partial charge in [-0.1, -0.05) is 42.9 Å². The molecule has 1 amide bonds. The number of hydrogen-bond acceptors (Lipinski definition) is 6. The summed E-state index contributed by atoms with van der Waals surface area (Å²) in [6.45, 7) is 2.86. The second-order valence-electron chi connectivity index (χ2n) is 7.98. The van der Waals surface area contributed by atoms with Crippen LogP contribution in [0.4, 0.5) is 10.1 Å². The zero-order valence-corrected chi connectivity index (χ0v) is 19.8. The van der Waals surface area contributed by atoms with Gasteiger partial charge in [-0.15, -0.1) is 10.2 Å². The van der Waals surface area contributed by atoms with Crippen molar-refractivity contribution in [3.63, 3.8) is 0 Å². The Balaban J connectivity index is 1.37. The monoisotopic (exact) mass is 488 g/mol. The highest BCUT2D eigenvalue weighted by molar-refractivity contribution is 7.89. The molecule has 2 aromatic carbocycles. The first kappa shape index (κ1) is 23.5. The number of carbonyl (C=O) groups excluding carboxylic acids is 1. The Kier molecular flexibility index (Phi) is 7.16. The van der Waals surface area contributed by atoms with Crippen LogP contribution >= 0.6 is 11.3 Å². The van der Waals surface area contributed by atoms with E-state index in [9.17, 15) is 17.6 Å². The Morgan fingerprint density at radius 3 is 2.55 bits per heavy atom. The highest BCUT2D eigenvalue weighted by Crippen LogP contribution is 2.32. The Hall–Kier alpha value is -2.69. The molecule has 1 aliphatic heterocycles. The van der Waals surface area contributed by atoms with Gasteiger partial charge in [-0.25, -0.2) is 12.8 Å². The number of benzene rings is 2. The van der Waals surface area contributed by atoms with Crippen molar-refractivity contribution in [2.24, 2.45) is 0 Å². The molecule has 174 valence electrons. The van der Waals surface area contributed by atoms with Gasteiger partial charge < -0.3 is 5.32 Å². The molecule has 1 N–H and O–H groups in total. The molecule has 0 unspecified atom stereocenters. The molecular formula is C23H25FN4O3S2. The first-order valence-corrected chi connectivity index (χ1v) is 13.1. The van der Waals surface area contributed by atoms with Crippen molar-refractivity contribution in [1.29, 1.82) is 0 Å². The van der Waals surface area contributed by atoms with Crippen molar-refractivity contribution >= 4 is 33.0 Å². The van der Waals surface area contributed by atoms with E-state index in [1.807, 2.05) is 12.1 Å². The predicted octanol–water partition coefficient (Wildman–Crippen LogP) is 4.45. The first-order chi connectivity index (χ1) is 15.9. The lowest BCUT2D eigenvalue weighted by molar-refractivity contribution is 0.102. The third-order valence-corrected chi connectivity index (χ3v) is 8.62. The van der Waals surface area contributed by atoms with E-state index in [0.717, 1.165) is 18.4 Å². The van der Waals surface area contributed by atoms with Crippen molar-refractivity contribution in [2.45, 2.75) is 43.4 Å². The number of carbonyl (C=O) groups is 1. The van der Waals surface area contributed by atoms with Crippen LogP contribution in [0.5, 0.6) is 0 Å². The van der Waals surface area contributed by atoms with E-state index < -0.39 is 21.7 Å². The topological polar surface area (TPSA) is 92.3 Å². The lowest BCUT2D eigenvalue weighted by Gasteiger charge is -2.30. The number of piperidine rings is 1. The van der Waals surface area contributed by atoms with Crippen LogP contribution in [0.25, 0.3) is 0 Å². The number of halogens is 1. The fraction of sp³-hybridized carbons (Fsp3) is 0.348. The van der Waals surface area contributed by atoms with Crippen molar-refractivity contribution in [3.05, 3.63) is 69.9 Å². The molecule has 0 bridgehead atoms. The lowest BCUT2D eigenvalue weighted by atomic mass is 9.99. The Bertz CT molecular complexity index is 1220. The SMILES string of the molecule is CCCc1ccc(S(=O)(=O)N2CCC(c3nnc(C(=O)Nc4cccc(F)c4)s3)CC2)cc1. The van der Waals surface area contributed by atoms with Gasteiger partial charge in [0.25, 0.3) is 5.91 Å². The van der Waals surface area contributed by atoms with Gasteiger partial charge in [-0.2, -0.15) is 4.31 Å². The summed E-state index contributed by atoms with van der Waals surface area (Å²) in [4.78, 5) is 12.7. The molecular weight excluding hydrogens is 463 g/mol. The van der Waals surface area contributed by atoms with E-state index in [-0.39, 0.29) is 10.9 Å². The minimum absolute atomic E-state index is 0.0385. The number of anilines is 1. The summed E-state index contributed by atoms with van der Waals surface area (Å²) in [5.74, 6) is -0.850. The van der Waals surface area contributed by atoms with Gasteiger partial charge >= 0.3 is 0 Å². The number of nitrogens with one attached hydrogen (secondary N) is 1. The van der Waals surface area contributed by atoms with E-state index in [0.29, 0.717) is 41.5 Å². The molecule has 2 heterocycles. The lowest BCUT2D eigenvalue weighted by Crippen LogP contribution is -2.37. The van der Waals surface area contributed by atoms with Crippen LogP contribution in [0.2, 0.25) is 0 Å². The van der Waals surface area contributed by atoms with Crippen LogP contribution in [0.1, 0.15) is 52.5 Å². The van der Waals surface area contributed by atoms with Crippen LogP contribution in [0.3, 0.4) is 0 Å². The quantitative estimate of drug-likeness (QED) is 0.530. The van der Waals surface area contributed by atoms with Gasteiger partial charge in [0.2, 0.25) is 15.0 Å². The standard InChI is InChI=1S/C23H25FN4O3S2/c1-2-4-16-7-9-20(10-8-16)33(30,31)28-13-11-17(12-14-28)22-26-27-23(32-22)21(29)25-19-6-3-5-18(24)15-19/h3,5-10,15,17H,2,4,11-14H2,1H3,(H,25,29). The van der Waals surface area contributed by atoms with E-state index in [4.69, 9.17) is 0 Å². The fourth-order valence-electron chi connectivity index (χ4n) is 3.85. The van der Waals surface area contributed by atoms with Crippen LogP contribution in [-0.4, -0.2) is 41.9 Å². The number of rotatable bonds is 7. The van der Waals surface area contributed by atoms with E-state index in [1.54, 1.807) is 18.2 Å². The summed E-state index contributed by atoms with van der Waals surface area (Å²) in [5, 5.41) is 11.7. The maximum absolute atomic E-state index is 13.3. The average Bonchev–Trinajstić information content (AvgIpc) is 3.30. The van der Waals surface area contributed by atoms with Gasteiger partial charge in [-0.3, -0.25) is 4.79 Å². The number of nitrogens with zero attached hydrogens (tertiary/aromatic N) is 3. The zero-order valence-electron chi connectivity index (χ0n) is 18.2. The third-order valence-electron chi connectivity index (χ3n) is 5.62. The minimum Gasteiger partial charge on any atom is -0.320 e. The van der Waals surface area contributed by atoms with Crippen LogP contribution in [0.15, 0.2) is 53.4 Å². The normalized spacial score (nSPS) is 15.5. The number of aromatic nitrogens is 2. The van der Waals surface area contributed by atoms with Gasteiger partial charge in [0.1, 0.15) is 10.8 Å². The largest absolute Gasteiger partial charge is 0.320 e. The molecule has 1 saturated heterocycles. The van der Waals surface area contributed by atoms with Crippen LogP contribution in [-0.2, 0) is 16.4 Å². The summed E-state index contributed by atoms with van der Waals surface area (Å²) in [6.07, 6.45) is 3.15. The Labute approximate surface area is 196 Å². The van der Waals surface area contributed by atoms with Crippen molar-refractivity contribution in [3.8, 4) is 0 Å². The second-order valence-corrected chi connectivity index (χ2v) is 10.9. The van der Waals surface area contributed by atoms with Crippen LogP contribution < -0.4 is 5.32 Å². The average molecular weight is 489 g/mol. The second kappa shape index (κ2) is 10.1. The number of hydrogen-bond donors (Lipinski definition) is 1. The summed E-state index contributed by atoms with van der Waals surface area (Å²) in [6, 6.07) is 12.7. The van der Waals surface area contributed by atoms with Gasteiger partial charge in [-0.05, 0) is 55.2 Å². The molecule has 0 radical (unpaired) electrons. The molecule has 3 aromatic rings. The van der Waals surface area contributed by atoms with Gasteiger partial charge in [0.05, 0.1) is 4.90 Å². The summed E-state index contributed by atoms with van der Waals surface area (Å²) >= 11 is 1.19. The molecule has 0 saturated carbocycles. The highest BCUT2D eigenvalue weighted by Gasteiger charge is 2.31. The van der Waals surface area contributed by atoms with E-state index >= 15 is 0 Å². The van der Waals surface area contributed by atoms with Gasteiger partial charge in [0, 0.05) is 24.7 Å². The maximum Gasteiger partial charge on any atom is 0.286 e. The molecule has 1 aliphatic rings. The minimum atomic E-state index is -3.54. The maximum atomic E-state index is 13.3. The molecule has 0 spiro atoms. The smallest absolute Gasteiger partial charge is 0.286 e. The predicted molar refractivity (Wildman–Crippen MR) is 125 cm³/mol. The molecule has 4 rings (SSSR count). The zero-order chi connectivity index (χ0) is 23.4. The van der Waals surface area contributed by atoms with Crippen molar-refractivity contribution in [1.82, 2.24) is 14.5 Å². The molecule has 1 aromatic heterocycles. The number of amides is 1. The molecule has 33 heavy (non-hydrogen) atoms. The summed E-state index contributed by atoms with van der Waals surface area (Å²) < 4.78 is 40.9. The third kappa shape index (κ3) is 5.45. The Morgan fingerprint density at radius 2 is 1.88 bits per heavy atom. The van der Waals surface area contributed by atoms with Crippen molar-refractivity contribution in [2.75, 3.05) is 18.4 Å². The summed E-state index contributed by atoms with van der Waals surface area (Å²) in [5.41, 5.74) is 1.47. The summed E-state index contributed by atoms with van der Waals surface area (Å²) in [7, 11) is -3.54. The molecule has 1 fully saturated rings. The molecule has 0 aliphatic carbocycles. The molecule has 7 nitrogen and oxygen atoms in total. The van der Waals surface area contributed by atoms with Crippen LogP contribution in [0, 0.1) is 5.82 Å². The molecule has 10 heteroatoms. The van der Waals surface area contributed by atoms with Crippen molar-refractivity contribution < 1.29 is 17.6 Å². The molecule has 0 atom stereocenters. The van der Waals surface area contributed by atoms with E-state index in [2.05, 4.69) is 22.4 Å². The number of aryl methyl sites for hydroxylation is 1. The van der Waals surface area contributed by atoms with Gasteiger partial charge in [0.15, 0.2) is 0 Å². The van der Waals surface area contributed by atoms with E-state index in [1.165, 1.54) is 33.8 Å². The fourth-order valence-corrected chi connectivity index (χ4v) is 6.23. The Morgan fingerprint density at radius 1 is 1.15 bits per heavy atom. The first-order valence-electron chi connectivity index (χ1n) is 10.9.